The van der Waals surface area contributed by atoms with E-state index in [9.17, 15) is 0 Å². The van der Waals surface area contributed by atoms with Gasteiger partial charge in [-0.1, -0.05) is 31.2 Å². The molecule has 0 bridgehead atoms. The van der Waals surface area contributed by atoms with Gasteiger partial charge in [0.25, 0.3) is 0 Å². The van der Waals surface area contributed by atoms with Crippen molar-refractivity contribution in [3.05, 3.63) is 42.2 Å². The molecule has 22 heavy (non-hydrogen) atoms. The summed E-state index contributed by atoms with van der Waals surface area (Å²) in [6.07, 6.45) is 4.44. The fourth-order valence-corrected chi connectivity index (χ4v) is 3.20. The SMILES string of the molecule is CN=C(NCc1nccc2ccccc12)N1CCCC(C)C1. The van der Waals surface area contributed by atoms with E-state index < -0.39 is 0 Å². The van der Waals surface area contributed by atoms with Crippen LogP contribution in [0.5, 0.6) is 0 Å². The van der Waals surface area contributed by atoms with Crippen molar-refractivity contribution in [1.29, 1.82) is 0 Å². The Morgan fingerprint density at radius 2 is 2.23 bits per heavy atom. The molecule has 4 nitrogen and oxygen atoms in total. The molecular weight excluding hydrogens is 272 g/mol. The fraction of sp³-hybridized carbons (Fsp3) is 0.444. The number of pyridine rings is 1. The zero-order chi connectivity index (χ0) is 15.4. The van der Waals surface area contributed by atoms with E-state index >= 15 is 0 Å². The zero-order valence-corrected chi connectivity index (χ0v) is 13.4. The van der Waals surface area contributed by atoms with Gasteiger partial charge in [-0.2, -0.15) is 0 Å². The minimum absolute atomic E-state index is 0.707. The van der Waals surface area contributed by atoms with Crippen molar-refractivity contribution in [3.8, 4) is 0 Å². The summed E-state index contributed by atoms with van der Waals surface area (Å²) in [7, 11) is 1.86. The fourth-order valence-electron chi connectivity index (χ4n) is 3.20. The number of aliphatic imine (C=N–C) groups is 1. The van der Waals surface area contributed by atoms with Crippen LogP contribution in [0.25, 0.3) is 10.8 Å². The Morgan fingerprint density at radius 3 is 3.05 bits per heavy atom. The van der Waals surface area contributed by atoms with Crippen molar-refractivity contribution in [2.75, 3.05) is 20.1 Å². The molecule has 3 rings (SSSR count). The summed E-state index contributed by atoms with van der Waals surface area (Å²) in [6.45, 7) is 5.19. The molecule has 1 atom stereocenters. The Kier molecular flexibility index (Phi) is 4.56. The monoisotopic (exact) mass is 296 g/mol. The first-order chi connectivity index (χ1) is 10.8. The molecule has 2 aromatic rings. The Labute approximate surface area is 132 Å². The summed E-state index contributed by atoms with van der Waals surface area (Å²) in [4.78, 5) is 11.3. The normalized spacial score (nSPS) is 19.5. The highest BCUT2D eigenvalue weighted by Gasteiger charge is 2.19. The molecular formula is C18H24N4. The summed E-state index contributed by atoms with van der Waals surface area (Å²) >= 11 is 0. The molecule has 0 saturated carbocycles. The Morgan fingerprint density at radius 1 is 1.36 bits per heavy atom. The van der Waals surface area contributed by atoms with E-state index in [2.05, 4.69) is 57.4 Å². The highest BCUT2D eigenvalue weighted by molar-refractivity contribution is 5.85. The highest BCUT2D eigenvalue weighted by Crippen LogP contribution is 2.17. The summed E-state index contributed by atoms with van der Waals surface area (Å²) in [6, 6.07) is 10.4. The molecule has 1 N–H and O–H groups in total. The summed E-state index contributed by atoms with van der Waals surface area (Å²) in [5, 5.41) is 5.92. The maximum atomic E-state index is 4.54. The molecule has 4 heteroatoms. The van der Waals surface area contributed by atoms with Gasteiger partial charge in [0.15, 0.2) is 5.96 Å². The number of benzene rings is 1. The molecule has 1 aliphatic heterocycles. The van der Waals surface area contributed by atoms with E-state index in [1.807, 2.05) is 13.2 Å². The van der Waals surface area contributed by atoms with Crippen LogP contribution in [0, 0.1) is 5.92 Å². The van der Waals surface area contributed by atoms with Gasteiger partial charge < -0.3 is 10.2 Å². The predicted octanol–water partition coefficient (Wildman–Crippen LogP) is 3.04. The average Bonchev–Trinajstić information content (AvgIpc) is 2.56. The van der Waals surface area contributed by atoms with Crippen LogP contribution in [-0.2, 0) is 6.54 Å². The Hall–Kier alpha value is -2.10. The number of aromatic nitrogens is 1. The van der Waals surface area contributed by atoms with E-state index in [4.69, 9.17) is 0 Å². The molecule has 0 spiro atoms. The molecule has 1 aromatic heterocycles. The molecule has 2 heterocycles. The van der Waals surface area contributed by atoms with E-state index in [0.29, 0.717) is 6.54 Å². The second-order valence-corrected chi connectivity index (χ2v) is 6.07. The molecule has 0 aliphatic carbocycles. The minimum atomic E-state index is 0.707. The van der Waals surface area contributed by atoms with Crippen LogP contribution in [0.3, 0.4) is 0 Å². The zero-order valence-electron chi connectivity index (χ0n) is 13.4. The van der Waals surface area contributed by atoms with Crippen molar-refractivity contribution in [2.45, 2.75) is 26.3 Å². The number of nitrogens with zero attached hydrogens (tertiary/aromatic N) is 3. The smallest absolute Gasteiger partial charge is 0.193 e. The largest absolute Gasteiger partial charge is 0.351 e. The topological polar surface area (TPSA) is 40.5 Å². The van der Waals surface area contributed by atoms with Gasteiger partial charge in [0.1, 0.15) is 0 Å². The van der Waals surface area contributed by atoms with Gasteiger partial charge in [0.2, 0.25) is 0 Å². The number of piperidine rings is 1. The molecule has 1 fully saturated rings. The van der Waals surface area contributed by atoms with Gasteiger partial charge in [-0.3, -0.25) is 9.98 Å². The van der Waals surface area contributed by atoms with Gasteiger partial charge in [-0.05, 0) is 30.2 Å². The maximum absolute atomic E-state index is 4.54. The summed E-state index contributed by atoms with van der Waals surface area (Å²) in [5.41, 5.74) is 1.07. The lowest BCUT2D eigenvalue weighted by molar-refractivity contribution is 0.266. The van der Waals surface area contributed by atoms with Crippen LogP contribution < -0.4 is 5.32 Å². The lowest BCUT2D eigenvalue weighted by atomic mass is 10.0. The standard InChI is InChI=1S/C18H24N4/c1-14-6-5-11-22(13-14)18(19-2)21-12-17-16-8-4-3-7-15(16)9-10-20-17/h3-4,7-10,14H,5-6,11-13H2,1-2H3,(H,19,21). The molecule has 0 amide bonds. The van der Waals surface area contributed by atoms with E-state index in [1.54, 1.807) is 0 Å². The van der Waals surface area contributed by atoms with Gasteiger partial charge >= 0.3 is 0 Å². The predicted molar refractivity (Wildman–Crippen MR) is 91.9 cm³/mol. The van der Waals surface area contributed by atoms with Crippen molar-refractivity contribution in [2.24, 2.45) is 10.9 Å². The Balaban J connectivity index is 1.72. The van der Waals surface area contributed by atoms with Gasteiger partial charge in [0, 0.05) is 31.7 Å². The van der Waals surface area contributed by atoms with Crippen molar-refractivity contribution in [3.63, 3.8) is 0 Å². The van der Waals surface area contributed by atoms with Crippen molar-refractivity contribution < 1.29 is 0 Å². The van der Waals surface area contributed by atoms with Gasteiger partial charge in [-0.15, -0.1) is 0 Å². The number of nitrogens with one attached hydrogen (secondary N) is 1. The number of hydrogen-bond acceptors (Lipinski definition) is 2. The third-order valence-corrected chi connectivity index (χ3v) is 4.34. The molecule has 1 aliphatic rings. The third kappa shape index (κ3) is 3.21. The first-order valence-electron chi connectivity index (χ1n) is 8.06. The van der Waals surface area contributed by atoms with E-state index in [0.717, 1.165) is 30.7 Å². The molecule has 0 radical (unpaired) electrons. The van der Waals surface area contributed by atoms with Crippen molar-refractivity contribution >= 4 is 16.7 Å². The quantitative estimate of drug-likeness (QED) is 0.684. The number of fused-ring (bicyclic) bond motifs is 1. The van der Waals surface area contributed by atoms with E-state index in [-0.39, 0.29) is 0 Å². The molecule has 116 valence electrons. The lowest BCUT2D eigenvalue weighted by Crippen LogP contribution is -2.46. The number of hydrogen-bond donors (Lipinski definition) is 1. The molecule has 1 aromatic carbocycles. The summed E-state index contributed by atoms with van der Waals surface area (Å²) < 4.78 is 0. The average molecular weight is 296 g/mol. The van der Waals surface area contributed by atoms with Gasteiger partial charge in [-0.25, -0.2) is 0 Å². The highest BCUT2D eigenvalue weighted by atomic mass is 15.3. The van der Waals surface area contributed by atoms with Crippen molar-refractivity contribution in [1.82, 2.24) is 15.2 Å². The van der Waals surface area contributed by atoms with Crippen LogP contribution in [0.4, 0.5) is 0 Å². The lowest BCUT2D eigenvalue weighted by Gasteiger charge is -2.33. The summed E-state index contributed by atoms with van der Waals surface area (Å²) in [5.74, 6) is 1.73. The second kappa shape index (κ2) is 6.77. The maximum Gasteiger partial charge on any atom is 0.193 e. The number of guanidine groups is 1. The first kappa shape index (κ1) is 14.8. The third-order valence-electron chi connectivity index (χ3n) is 4.34. The second-order valence-electron chi connectivity index (χ2n) is 6.07. The van der Waals surface area contributed by atoms with Crippen LogP contribution in [-0.4, -0.2) is 36.0 Å². The minimum Gasteiger partial charge on any atom is -0.351 e. The van der Waals surface area contributed by atoms with E-state index in [1.165, 1.54) is 23.6 Å². The number of likely N-dealkylation sites (tertiary alicyclic amines) is 1. The van der Waals surface area contributed by atoms with Crippen LogP contribution in [0.1, 0.15) is 25.5 Å². The van der Waals surface area contributed by atoms with Gasteiger partial charge in [0.05, 0.1) is 12.2 Å². The molecule has 1 unspecified atom stereocenters. The van der Waals surface area contributed by atoms with Crippen LogP contribution in [0.2, 0.25) is 0 Å². The number of rotatable bonds is 2. The van der Waals surface area contributed by atoms with Crippen LogP contribution >= 0.6 is 0 Å². The van der Waals surface area contributed by atoms with Crippen LogP contribution in [0.15, 0.2) is 41.5 Å². The molecule has 1 saturated heterocycles. The Bertz CT molecular complexity index is 660. The first-order valence-corrected chi connectivity index (χ1v) is 8.06.